The van der Waals surface area contributed by atoms with E-state index in [1.165, 1.54) is 30.2 Å². The van der Waals surface area contributed by atoms with Crippen LogP contribution in [0.4, 0.5) is 9.52 Å². The van der Waals surface area contributed by atoms with Crippen LogP contribution in [0.5, 0.6) is 5.75 Å². The number of benzene rings is 1. The van der Waals surface area contributed by atoms with Crippen molar-refractivity contribution in [3.05, 3.63) is 29.6 Å². The molecule has 17 heavy (non-hydrogen) atoms. The van der Waals surface area contributed by atoms with Gasteiger partial charge in [0.2, 0.25) is 5.13 Å². The van der Waals surface area contributed by atoms with E-state index in [4.69, 9.17) is 10.5 Å². The first-order chi connectivity index (χ1) is 8.20. The van der Waals surface area contributed by atoms with Crippen LogP contribution in [0.1, 0.15) is 5.56 Å². The van der Waals surface area contributed by atoms with E-state index in [0.29, 0.717) is 16.4 Å². The van der Waals surface area contributed by atoms with E-state index in [-0.39, 0.29) is 11.6 Å². The predicted molar refractivity (Wildman–Crippen MR) is 66.8 cm³/mol. The summed E-state index contributed by atoms with van der Waals surface area (Å²) in [4.78, 5) is 0. The van der Waals surface area contributed by atoms with Crippen molar-refractivity contribution in [2.75, 3.05) is 12.8 Å². The summed E-state index contributed by atoms with van der Waals surface area (Å²) in [6.45, 7) is 0. The molecule has 0 amide bonds. The fourth-order valence-electron chi connectivity index (χ4n) is 1.24. The van der Waals surface area contributed by atoms with Crippen molar-refractivity contribution in [1.82, 2.24) is 10.2 Å². The third-order valence-electron chi connectivity index (χ3n) is 2.04. The molecule has 0 unspecified atom stereocenters. The Morgan fingerprint density at radius 2 is 2.29 bits per heavy atom. The molecule has 2 rings (SSSR count). The Hall–Kier alpha value is -1.34. The molecule has 7 heteroatoms. The Bertz CT molecular complexity index is 518. The summed E-state index contributed by atoms with van der Waals surface area (Å²) in [6.07, 6.45) is 0. The van der Waals surface area contributed by atoms with Gasteiger partial charge >= 0.3 is 0 Å². The van der Waals surface area contributed by atoms with Gasteiger partial charge in [0.15, 0.2) is 15.9 Å². The van der Waals surface area contributed by atoms with E-state index < -0.39 is 0 Å². The van der Waals surface area contributed by atoms with E-state index in [9.17, 15) is 4.39 Å². The zero-order chi connectivity index (χ0) is 12.3. The second-order valence-corrected chi connectivity index (χ2v) is 5.36. The highest BCUT2D eigenvalue weighted by atomic mass is 32.2. The first-order valence-corrected chi connectivity index (χ1v) is 6.54. The first-order valence-electron chi connectivity index (χ1n) is 4.74. The van der Waals surface area contributed by atoms with E-state index in [0.717, 1.165) is 4.34 Å². The Morgan fingerprint density at radius 3 is 2.94 bits per heavy atom. The van der Waals surface area contributed by atoms with Crippen molar-refractivity contribution in [1.29, 1.82) is 0 Å². The third-order valence-corrected chi connectivity index (χ3v) is 3.97. The summed E-state index contributed by atoms with van der Waals surface area (Å²) in [5.41, 5.74) is 6.03. The maximum Gasteiger partial charge on any atom is 0.203 e. The standard InChI is InChI=1S/C10H10FN3OS2/c1-15-7-4-2-3-6(8(7)11)5-16-10-14-13-9(12)17-10/h2-4H,5H2,1H3,(H2,12,13). The minimum absolute atomic E-state index is 0.250. The molecule has 0 fully saturated rings. The van der Waals surface area contributed by atoms with Gasteiger partial charge in [-0.3, -0.25) is 0 Å². The average molecular weight is 271 g/mol. The molecule has 2 N–H and O–H groups in total. The Balaban J connectivity index is 2.09. The van der Waals surface area contributed by atoms with Crippen molar-refractivity contribution >= 4 is 28.2 Å². The molecule has 0 radical (unpaired) electrons. The van der Waals surface area contributed by atoms with Crippen molar-refractivity contribution in [3.63, 3.8) is 0 Å². The van der Waals surface area contributed by atoms with Crippen LogP contribution in [-0.2, 0) is 5.75 Å². The van der Waals surface area contributed by atoms with E-state index in [2.05, 4.69) is 10.2 Å². The van der Waals surface area contributed by atoms with Gasteiger partial charge in [-0.1, -0.05) is 35.2 Å². The van der Waals surface area contributed by atoms with Crippen LogP contribution in [0.25, 0.3) is 0 Å². The summed E-state index contributed by atoms with van der Waals surface area (Å²) in [6, 6.07) is 5.06. The molecule has 0 aliphatic rings. The van der Waals surface area contributed by atoms with Crippen LogP contribution in [0.3, 0.4) is 0 Å². The maximum atomic E-state index is 13.8. The number of halogens is 1. The number of nitrogens with two attached hydrogens (primary N) is 1. The fraction of sp³-hybridized carbons (Fsp3) is 0.200. The quantitative estimate of drug-likeness (QED) is 0.866. The highest BCUT2D eigenvalue weighted by molar-refractivity contribution is 8.00. The van der Waals surface area contributed by atoms with Gasteiger partial charge in [-0.2, -0.15) is 0 Å². The summed E-state index contributed by atoms with van der Waals surface area (Å²) >= 11 is 2.68. The zero-order valence-electron chi connectivity index (χ0n) is 9.01. The lowest BCUT2D eigenvalue weighted by Crippen LogP contribution is -1.93. The second kappa shape index (κ2) is 5.33. The SMILES string of the molecule is COc1cccc(CSc2nnc(N)s2)c1F. The largest absolute Gasteiger partial charge is 0.494 e. The molecular formula is C10H10FN3OS2. The van der Waals surface area contributed by atoms with Gasteiger partial charge in [-0.15, -0.1) is 10.2 Å². The highest BCUT2D eigenvalue weighted by Gasteiger charge is 2.10. The molecule has 0 saturated heterocycles. The Morgan fingerprint density at radius 1 is 1.47 bits per heavy atom. The molecule has 2 aromatic rings. The minimum atomic E-state index is -0.333. The summed E-state index contributed by atoms with van der Waals surface area (Å²) in [5.74, 6) is 0.386. The van der Waals surface area contributed by atoms with Crippen LogP contribution in [0, 0.1) is 5.82 Å². The number of hydrogen-bond acceptors (Lipinski definition) is 6. The summed E-state index contributed by atoms with van der Waals surface area (Å²) < 4.78 is 19.4. The van der Waals surface area contributed by atoms with Gasteiger partial charge < -0.3 is 10.5 Å². The smallest absolute Gasteiger partial charge is 0.203 e. The number of nitrogens with zero attached hydrogens (tertiary/aromatic N) is 2. The van der Waals surface area contributed by atoms with Crippen LogP contribution < -0.4 is 10.5 Å². The molecule has 0 atom stereocenters. The molecule has 4 nitrogen and oxygen atoms in total. The minimum Gasteiger partial charge on any atom is -0.494 e. The predicted octanol–water partition coefficient (Wildman–Crippen LogP) is 2.56. The molecular weight excluding hydrogens is 261 g/mol. The number of ether oxygens (including phenoxy) is 1. The molecule has 0 aliphatic carbocycles. The van der Waals surface area contributed by atoms with E-state index in [1.807, 2.05) is 0 Å². The Labute approximate surface area is 106 Å². The van der Waals surface area contributed by atoms with E-state index >= 15 is 0 Å². The average Bonchev–Trinajstić information content (AvgIpc) is 2.74. The van der Waals surface area contributed by atoms with Crippen molar-refractivity contribution in [3.8, 4) is 5.75 Å². The number of thioether (sulfide) groups is 1. The van der Waals surface area contributed by atoms with Gasteiger partial charge in [-0.25, -0.2) is 4.39 Å². The Kier molecular flexibility index (Phi) is 3.80. The maximum absolute atomic E-state index is 13.8. The zero-order valence-corrected chi connectivity index (χ0v) is 10.6. The van der Waals surface area contributed by atoms with Gasteiger partial charge in [0.25, 0.3) is 0 Å². The lowest BCUT2D eigenvalue weighted by Gasteiger charge is -2.05. The van der Waals surface area contributed by atoms with Crippen LogP contribution in [-0.4, -0.2) is 17.3 Å². The monoisotopic (exact) mass is 271 g/mol. The third kappa shape index (κ3) is 2.86. The van der Waals surface area contributed by atoms with Gasteiger partial charge in [0, 0.05) is 11.3 Å². The molecule has 0 aliphatic heterocycles. The number of nitrogen functional groups attached to an aromatic ring is 1. The topological polar surface area (TPSA) is 61.0 Å². The van der Waals surface area contributed by atoms with Crippen LogP contribution in [0.15, 0.2) is 22.5 Å². The normalized spacial score (nSPS) is 10.5. The molecule has 0 bridgehead atoms. The molecule has 1 heterocycles. The molecule has 0 spiro atoms. The van der Waals surface area contributed by atoms with Crippen LogP contribution in [0.2, 0.25) is 0 Å². The molecule has 90 valence electrons. The number of rotatable bonds is 4. The number of aromatic nitrogens is 2. The number of methoxy groups -OCH3 is 1. The first kappa shape index (κ1) is 12.1. The van der Waals surface area contributed by atoms with E-state index in [1.54, 1.807) is 18.2 Å². The van der Waals surface area contributed by atoms with Crippen LogP contribution >= 0.6 is 23.1 Å². The number of anilines is 1. The molecule has 0 saturated carbocycles. The fourth-order valence-corrected chi connectivity index (χ4v) is 2.85. The summed E-state index contributed by atoms with van der Waals surface area (Å²) in [7, 11) is 1.45. The highest BCUT2D eigenvalue weighted by Crippen LogP contribution is 2.29. The molecule has 1 aromatic carbocycles. The number of hydrogen-bond donors (Lipinski definition) is 1. The van der Waals surface area contributed by atoms with Gasteiger partial charge in [0.1, 0.15) is 0 Å². The van der Waals surface area contributed by atoms with Gasteiger partial charge in [-0.05, 0) is 6.07 Å². The van der Waals surface area contributed by atoms with Crippen molar-refractivity contribution < 1.29 is 9.13 Å². The van der Waals surface area contributed by atoms with Crippen molar-refractivity contribution in [2.24, 2.45) is 0 Å². The van der Waals surface area contributed by atoms with Gasteiger partial charge in [0.05, 0.1) is 7.11 Å². The molecule has 1 aromatic heterocycles. The summed E-state index contributed by atoms with van der Waals surface area (Å²) in [5, 5.41) is 7.96. The second-order valence-electron chi connectivity index (χ2n) is 3.13. The lowest BCUT2D eigenvalue weighted by atomic mass is 10.2. The van der Waals surface area contributed by atoms with Crippen molar-refractivity contribution in [2.45, 2.75) is 10.1 Å². The lowest BCUT2D eigenvalue weighted by molar-refractivity contribution is 0.385.